The lowest BCUT2D eigenvalue weighted by atomic mass is 10.1. The maximum absolute atomic E-state index is 14.3. The maximum atomic E-state index is 14.3. The van der Waals surface area contributed by atoms with Gasteiger partial charge in [0.2, 0.25) is 5.65 Å². The summed E-state index contributed by atoms with van der Waals surface area (Å²) in [6.45, 7) is -0.533. The van der Waals surface area contributed by atoms with Crippen molar-refractivity contribution in [2.45, 2.75) is 24.5 Å². The molecule has 0 N–H and O–H groups in total. The predicted molar refractivity (Wildman–Crippen MR) is 218 cm³/mol. The number of carbonyl (C=O) groups excluding carboxylic acids is 5. The first kappa shape index (κ1) is 40.3. The normalized spacial score (nSPS) is 16.8. The van der Waals surface area contributed by atoms with Gasteiger partial charge in [-0.1, -0.05) is 91.0 Å². The zero-order valence-corrected chi connectivity index (χ0v) is 32.2. The number of carbonyl (C=O) groups is 5. The zero-order chi connectivity index (χ0) is 43.2. The highest BCUT2D eigenvalue weighted by Crippen LogP contribution is 2.38. The standard InChI is InChI=1S/C45H32N6O11/c52-39(28-16-6-1-7-17-28)50(40(53)29-18-8-2-9-19-29)38-34-37(47-45(48-38)51(57)58)49(27-46-34)41-36(62-44(56)32-24-14-5-15-25-32)35(61-43(55)31-22-12-4-13-23-31)33(60-41)26-59-42(54)30-20-10-3-11-21-30/h1-25,27,33,35-36,41H,26H2. The number of imidazole rings is 1. The van der Waals surface area contributed by atoms with Crippen LogP contribution in [0.5, 0.6) is 0 Å². The Morgan fingerprint density at radius 3 is 1.52 bits per heavy atom. The van der Waals surface area contributed by atoms with Crippen molar-refractivity contribution in [3.8, 4) is 0 Å². The molecule has 1 aliphatic rings. The topological polar surface area (TPSA) is 212 Å². The van der Waals surface area contributed by atoms with E-state index in [9.17, 15) is 34.1 Å². The largest absolute Gasteiger partial charge is 0.473 e. The summed E-state index contributed by atoms with van der Waals surface area (Å²) in [5.41, 5.74) is -0.0436. The molecule has 1 saturated heterocycles. The fourth-order valence-electron chi connectivity index (χ4n) is 6.70. The Labute approximate surface area is 351 Å². The molecule has 5 aromatic carbocycles. The monoisotopic (exact) mass is 832 g/mol. The number of amides is 2. The number of imide groups is 1. The van der Waals surface area contributed by atoms with E-state index in [1.165, 1.54) is 60.7 Å². The summed E-state index contributed by atoms with van der Waals surface area (Å²) in [4.78, 5) is 94.1. The molecule has 0 saturated carbocycles. The number of hydrogen-bond donors (Lipinski definition) is 0. The van der Waals surface area contributed by atoms with Crippen LogP contribution in [-0.4, -0.2) is 79.1 Å². The third-order valence-electron chi connectivity index (χ3n) is 9.67. The lowest BCUT2D eigenvalue weighted by Gasteiger charge is -2.24. The Bertz CT molecular complexity index is 2720. The van der Waals surface area contributed by atoms with Crippen LogP contribution in [0.4, 0.5) is 11.8 Å². The fourth-order valence-corrected chi connectivity index (χ4v) is 6.70. The number of fused-ring (bicyclic) bond motifs is 1. The quantitative estimate of drug-likeness (QED) is 0.0427. The van der Waals surface area contributed by atoms with E-state index in [0.717, 1.165) is 10.9 Å². The van der Waals surface area contributed by atoms with Gasteiger partial charge in [-0.2, -0.15) is 0 Å². The van der Waals surface area contributed by atoms with Crippen molar-refractivity contribution in [3.05, 3.63) is 196 Å². The van der Waals surface area contributed by atoms with Crippen molar-refractivity contribution in [2.75, 3.05) is 11.5 Å². The van der Waals surface area contributed by atoms with E-state index in [0.29, 0.717) is 4.90 Å². The number of anilines is 1. The Morgan fingerprint density at radius 2 is 1.05 bits per heavy atom. The zero-order valence-electron chi connectivity index (χ0n) is 32.2. The number of nitrogens with zero attached hydrogens (tertiary/aromatic N) is 6. The van der Waals surface area contributed by atoms with Crippen LogP contribution >= 0.6 is 0 Å². The van der Waals surface area contributed by atoms with Gasteiger partial charge < -0.3 is 29.1 Å². The van der Waals surface area contributed by atoms with Crippen LogP contribution in [0.3, 0.4) is 0 Å². The molecule has 3 heterocycles. The van der Waals surface area contributed by atoms with Crippen LogP contribution in [-0.2, 0) is 18.9 Å². The molecule has 2 amide bonds. The first-order valence-corrected chi connectivity index (χ1v) is 19.0. The van der Waals surface area contributed by atoms with Gasteiger partial charge in [0.1, 0.15) is 19.0 Å². The summed E-state index contributed by atoms with van der Waals surface area (Å²) < 4.78 is 25.3. The van der Waals surface area contributed by atoms with Crippen LogP contribution < -0.4 is 4.90 Å². The van der Waals surface area contributed by atoms with Gasteiger partial charge >= 0.3 is 23.9 Å². The van der Waals surface area contributed by atoms with Crippen molar-refractivity contribution >= 4 is 52.7 Å². The van der Waals surface area contributed by atoms with E-state index in [-0.39, 0.29) is 39.0 Å². The molecule has 4 atom stereocenters. The van der Waals surface area contributed by atoms with Crippen molar-refractivity contribution in [3.63, 3.8) is 0 Å². The van der Waals surface area contributed by atoms with Gasteiger partial charge in [-0.15, -0.1) is 0 Å². The minimum Gasteiger partial charge on any atom is -0.459 e. The molecule has 17 nitrogen and oxygen atoms in total. The average Bonchev–Trinajstić information content (AvgIpc) is 3.90. The SMILES string of the molecule is O=C(OCC1OC(n2cnc3c(N(C(=O)c4ccccc4)C(=O)c4ccccc4)nc([N+](=O)[O-])nc32)C(OC(=O)c2ccccc2)C1OC(=O)c1ccccc1)c1ccccc1. The average molecular weight is 833 g/mol. The smallest absolute Gasteiger partial charge is 0.459 e. The second-order valence-electron chi connectivity index (χ2n) is 13.6. The van der Waals surface area contributed by atoms with Gasteiger partial charge in [-0.25, -0.2) is 24.3 Å². The van der Waals surface area contributed by atoms with Gasteiger partial charge in [0.25, 0.3) is 17.6 Å². The molecular weight excluding hydrogens is 801 g/mol. The number of benzene rings is 5. The summed E-state index contributed by atoms with van der Waals surface area (Å²) >= 11 is 0. The van der Waals surface area contributed by atoms with Crippen LogP contribution in [0.1, 0.15) is 58.0 Å². The Balaban J connectivity index is 1.27. The highest BCUT2D eigenvalue weighted by molar-refractivity contribution is 6.27. The van der Waals surface area contributed by atoms with Crippen molar-refractivity contribution in [2.24, 2.45) is 0 Å². The Hall–Kier alpha value is -8.44. The summed E-state index contributed by atoms with van der Waals surface area (Å²) in [6, 6.07) is 39.4. The van der Waals surface area contributed by atoms with Crippen LogP contribution in [0, 0.1) is 10.1 Å². The second-order valence-corrected chi connectivity index (χ2v) is 13.6. The van der Waals surface area contributed by atoms with Gasteiger partial charge in [0, 0.05) is 11.1 Å². The number of rotatable bonds is 12. The molecule has 0 aliphatic carbocycles. The van der Waals surface area contributed by atoms with Crippen molar-refractivity contribution in [1.29, 1.82) is 0 Å². The molecule has 4 unspecified atom stereocenters. The van der Waals surface area contributed by atoms with E-state index in [1.54, 1.807) is 91.0 Å². The third-order valence-corrected chi connectivity index (χ3v) is 9.67. The van der Waals surface area contributed by atoms with E-state index >= 15 is 0 Å². The fraction of sp³-hybridized carbons (Fsp3) is 0.111. The summed E-state index contributed by atoms with van der Waals surface area (Å²) in [7, 11) is 0. The van der Waals surface area contributed by atoms with Gasteiger partial charge in [-0.05, 0) is 75.6 Å². The molecule has 1 fully saturated rings. The molecule has 0 bridgehead atoms. The van der Waals surface area contributed by atoms with Crippen LogP contribution in [0.2, 0.25) is 0 Å². The second kappa shape index (κ2) is 17.8. The molecule has 8 rings (SSSR count). The van der Waals surface area contributed by atoms with Gasteiger partial charge in [0.05, 0.1) is 16.7 Å². The molecule has 1 aliphatic heterocycles. The first-order chi connectivity index (χ1) is 30.2. The number of nitro groups is 1. The number of aromatic nitrogens is 4. The highest BCUT2D eigenvalue weighted by atomic mass is 16.7. The molecule has 308 valence electrons. The molecule has 17 heteroatoms. The van der Waals surface area contributed by atoms with Crippen molar-refractivity contribution < 1.29 is 47.8 Å². The lowest BCUT2D eigenvalue weighted by Crippen LogP contribution is -2.41. The summed E-state index contributed by atoms with van der Waals surface area (Å²) in [6.07, 6.45) is -4.81. The number of hydrogen-bond acceptors (Lipinski definition) is 14. The van der Waals surface area contributed by atoms with Crippen LogP contribution in [0.15, 0.2) is 158 Å². The Morgan fingerprint density at radius 1 is 0.613 bits per heavy atom. The Kier molecular flexibility index (Phi) is 11.6. The molecule has 0 radical (unpaired) electrons. The minimum absolute atomic E-state index is 0.0496. The van der Waals surface area contributed by atoms with E-state index in [2.05, 4.69) is 15.0 Å². The number of esters is 3. The third kappa shape index (κ3) is 8.36. The van der Waals surface area contributed by atoms with Gasteiger partial charge in [-0.3, -0.25) is 14.2 Å². The van der Waals surface area contributed by atoms with E-state index in [1.807, 2.05) is 0 Å². The maximum Gasteiger partial charge on any atom is 0.473 e. The molecule has 0 spiro atoms. The van der Waals surface area contributed by atoms with E-state index < -0.39 is 77.6 Å². The molecule has 7 aromatic rings. The molecule has 62 heavy (non-hydrogen) atoms. The highest BCUT2D eigenvalue weighted by Gasteiger charge is 2.52. The number of ether oxygens (including phenoxy) is 4. The summed E-state index contributed by atoms with van der Waals surface area (Å²) in [5, 5.41) is 12.5. The summed E-state index contributed by atoms with van der Waals surface area (Å²) in [5.74, 6) is -5.80. The lowest BCUT2D eigenvalue weighted by molar-refractivity contribution is -0.394. The molecular formula is C45H32N6O11. The van der Waals surface area contributed by atoms with Crippen LogP contribution in [0.25, 0.3) is 11.2 Å². The van der Waals surface area contributed by atoms with Gasteiger partial charge in [0.15, 0.2) is 24.0 Å². The molecule has 2 aromatic heterocycles. The minimum atomic E-state index is -1.57. The first-order valence-electron chi connectivity index (χ1n) is 19.0. The van der Waals surface area contributed by atoms with E-state index in [4.69, 9.17) is 18.9 Å². The predicted octanol–water partition coefficient (Wildman–Crippen LogP) is 6.43. The van der Waals surface area contributed by atoms with Crippen molar-refractivity contribution in [1.82, 2.24) is 19.5 Å².